The molecule has 0 spiro atoms. The first-order chi connectivity index (χ1) is 9.54. The van der Waals surface area contributed by atoms with Gasteiger partial charge >= 0.3 is 12.0 Å². The minimum atomic E-state index is -0.855. The summed E-state index contributed by atoms with van der Waals surface area (Å²) in [4.78, 5) is 27.4. The Morgan fingerprint density at radius 3 is 2.75 bits per heavy atom. The van der Waals surface area contributed by atoms with E-state index in [-0.39, 0.29) is 18.5 Å². The van der Waals surface area contributed by atoms with Gasteiger partial charge in [0.1, 0.15) is 0 Å². The molecule has 2 rings (SSSR count). The van der Waals surface area contributed by atoms with Crippen molar-refractivity contribution in [2.45, 2.75) is 6.42 Å². The van der Waals surface area contributed by atoms with Gasteiger partial charge in [-0.2, -0.15) is 4.80 Å². The predicted molar refractivity (Wildman–Crippen MR) is 68.1 cm³/mol. The van der Waals surface area contributed by atoms with Crippen LogP contribution in [0.1, 0.15) is 6.42 Å². The monoisotopic (exact) mass is 283 g/mol. The zero-order chi connectivity index (χ0) is 14.5. The molecule has 1 aliphatic rings. The van der Waals surface area contributed by atoms with E-state index in [1.807, 2.05) is 4.90 Å². The molecule has 1 aromatic heterocycles. The molecule has 1 fully saturated rings. The second kappa shape index (κ2) is 6.28. The minimum Gasteiger partial charge on any atom is -0.480 e. The van der Waals surface area contributed by atoms with Crippen molar-refractivity contribution < 1.29 is 14.7 Å². The van der Waals surface area contributed by atoms with E-state index < -0.39 is 5.97 Å². The van der Waals surface area contributed by atoms with Crippen LogP contribution in [0.3, 0.4) is 0 Å². The van der Waals surface area contributed by atoms with Crippen LogP contribution in [-0.4, -0.2) is 79.8 Å². The Labute approximate surface area is 115 Å². The van der Waals surface area contributed by atoms with Crippen molar-refractivity contribution in [1.82, 2.24) is 30.0 Å². The van der Waals surface area contributed by atoms with E-state index in [4.69, 9.17) is 5.11 Å². The van der Waals surface area contributed by atoms with Gasteiger partial charge in [-0.3, -0.25) is 15.0 Å². The van der Waals surface area contributed by atoms with Crippen molar-refractivity contribution in [3.8, 4) is 0 Å². The maximum atomic E-state index is 12.0. The summed E-state index contributed by atoms with van der Waals surface area (Å²) in [5.41, 5.74) is 0. The van der Waals surface area contributed by atoms with Crippen LogP contribution in [0, 0.1) is 0 Å². The number of aromatic nitrogens is 4. The number of carbonyl (C=O) groups excluding carboxylic acids is 1. The van der Waals surface area contributed by atoms with Gasteiger partial charge in [-0.25, -0.2) is 4.79 Å². The summed E-state index contributed by atoms with van der Waals surface area (Å²) in [7, 11) is 1.61. The van der Waals surface area contributed by atoms with Crippen LogP contribution in [0.15, 0.2) is 0 Å². The number of nitrogens with one attached hydrogen (secondary N) is 1. The van der Waals surface area contributed by atoms with E-state index >= 15 is 0 Å². The molecule has 0 aliphatic carbocycles. The van der Waals surface area contributed by atoms with E-state index in [1.165, 1.54) is 4.80 Å². The van der Waals surface area contributed by atoms with Gasteiger partial charge in [-0.15, -0.1) is 5.10 Å². The van der Waals surface area contributed by atoms with Gasteiger partial charge in [-0.1, -0.05) is 5.10 Å². The number of amides is 2. The van der Waals surface area contributed by atoms with Crippen molar-refractivity contribution in [2.24, 2.45) is 7.05 Å². The van der Waals surface area contributed by atoms with E-state index in [9.17, 15) is 9.59 Å². The van der Waals surface area contributed by atoms with Crippen LogP contribution < -0.4 is 5.32 Å². The lowest BCUT2D eigenvalue weighted by Crippen LogP contribution is -2.39. The normalized spacial score (nSPS) is 16.8. The number of tetrazole rings is 1. The maximum absolute atomic E-state index is 12.0. The molecule has 1 saturated heterocycles. The van der Waals surface area contributed by atoms with Gasteiger partial charge in [0.05, 0.1) is 13.6 Å². The third-order valence-electron chi connectivity index (χ3n) is 2.96. The largest absolute Gasteiger partial charge is 0.480 e. The smallest absolute Gasteiger partial charge is 0.324 e. The van der Waals surface area contributed by atoms with Gasteiger partial charge in [0.2, 0.25) is 0 Å². The maximum Gasteiger partial charge on any atom is 0.324 e. The molecule has 20 heavy (non-hydrogen) atoms. The van der Waals surface area contributed by atoms with Crippen molar-refractivity contribution in [3.05, 3.63) is 0 Å². The Hall–Kier alpha value is -2.23. The second-order valence-corrected chi connectivity index (χ2v) is 4.54. The average molecular weight is 283 g/mol. The van der Waals surface area contributed by atoms with E-state index in [1.54, 1.807) is 11.9 Å². The third-order valence-corrected chi connectivity index (χ3v) is 2.96. The summed E-state index contributed by atoms with van der Waals surface area (Å²) in [6, 6.07) is -0.296. The zero-order valence-electron chi connectivity index (χ0n) is 11.2. The Morgan fingerprint density at radius 1 is 1.30 bits per heavy atom. The Morgan fingerprint density at radius 2 is 2.10 bits per heavy atom. The molecule has 1 aromatic rings. The molecule has 2 amide bonds. The Bertz CT molecular complexity index is 489. The number of aryl methyl sites for hydroxylation is 1. The highest BCUT2D eigenvalue weighted by molar-refractivity contribution is 5.87. The first kappa shape index (κ1) is 14.2. The summed E-state index contributed by atoms with van der Waals surface area (Å²) >= 11 is 0. The molecule has 2 N–H and O–H groups in total. The summed E-state index contributed by atoms with van der Waals surface area (Å²) in [6.45, 7) is 2.25. The molecule has 0 atom stereocenters. The topological polar surface area (TPSA) is 116 Å². The van der Waals surface area contributed by atoms with Crippen molar-refractivity contribution in [3.63, 3.8) is 0 Å². The van der Waals surface area contributed by atoms with Gasteiger partial charge in [0.15, 0.2) is 0 Å². The van der Waals surface area contributed by atoms with Crippen molar-refractivity contribution >= 4 is 17.9 Å². The standard InChI is InChI=1S/C10H17N7O3/c1-15-13-9(12-14-15)11-10(20)17-4-2-3-16(5-6-17)7-8(18)19/h2-7H2,1H3,(H,18,19)(H,11,13,20). The number of carboxylic acids is 1. The van der Waals surface area contributed by atoms with Gasteiger partial charge < -0.3 is 10.0 Å². The number of hydrogen-bond acceptors (Lipinski definition) is 6. The molecule has 10 nitrogen and oxygen atoms in total. The number of carboxylic acid groups (broad SMARTS) is 1. The second-order valence-electron chi connectivity index (χ2n) is 4.54. The fraction of sp³-hybridized carbons (Fsp3) is 0.700. The Balaban J connectivity index is 1.86. The molecule has 0 bridgehead atoms. The molecular formula is C10H17N7O3. The number of rotatable bonds is 3. The number of carbonyl (C=O) groups is 2. The highest BCUT2D eigenvalue weighted by Crippen LogP contribution is 2.05. The lowest BCUT2D eigenvalue weighted by atomic mass is 10.4. The molecule has 0 radical (unpaired) electrons. The van der Waals surface area contributed by atoms with Gasteiger partial charge in [0.25, 0.3) is 5.95 Å². The fourth-order valence-electron chi connectivity index (χ4n) is 2.03. The molecule has 110 valence electrons. The number of urea groups is 1. The average Bonchev–Trinajstić information content (AvgIpc) is 2.64. The van der Waals surface area contributed by atoms with Crippen LogP contribution in [0.2, 0.25) is 0 Å². The van der Waals surface area contributed by atoms with Crippen molar-refractivity contribution in [1.29, 1.82) is 0 Å². The molecular weight excluding hydrogens is 266 g/mol. The zero-order valence-corrected chi connectivity index (χ0v) is 11.2. The van der Waals surface area contributed by atoms with Gasteiger partial charge in [0, 0.05) is 26.2 Å². The van der Waals surface area contributed by atoms with E-state index in [0.717, 1.165) is 6.42 Å². The first-order valence-corrected chi connectivity index (χ1v) is 6.28. The summed E-state index contributed by atoms with van der Waals surface area (Å²) in [5, 5.41) is 22.5. The van der Waals surface area contributed by atoms with Crippen LogP contribution >= 0.6 is 0 Å². The van der Waals surface area contributed by atoms with Crippen LogP contribution in [0.25, 0.3) is 0 Å². The lowest BCUT2D eigenvalue weighted by Gasteiger charge is -2.20. The number of hydrogen-bond donors (Lipinski definition) is 2. The van der Waals surface area contributed by atoms with Crippen LogP contribution in [-0.2, 0) is 11.8 Å². The molecule has 2 heterocycles. The first-order valence-electron chi connectivity index (χ1n) is 6.28. The lowest BCUT2D eigenvalue weighted by molar-refractivity contribution is -0.138. The molecule has 0 unspecified atom stereocenters. The molecule has 10 heteroatoms. The SMILES string of the molecule is Cn1nnc(NC(=O)N2CCCN(CC(=O)O)CC2)n1. The molecule has 1 aliphatic heterocycles. The number of aliphatic carboxylic acids is 1. The van der Waals surface area contributed by atoms with E-state index in [0.29, 0.717) is 26.2 Å². The summed E-state index contributed by atoms with van der Waals surface area (Å²) in [6.07, 6.45) is 0.731. The van der Waals surface area contributed by atoms with Crippen LogP contribution in [0.4, 0.5) is 10.7 Å². The fourth-order valence-corrected chi connectivity index (χ4v) is 2.03. The van der Waals surface area contributed by atoms with Crippen LogP contribution in [0.5, 0.6) is 0 Å². The summed E-state index contributed by atoms with van der Waals surface area (Å²) in [5.74, 6) is -0.698. The molecule has 0 saturated carbocycles. The predicted octanol–water partition coefficient (Wildman–Crippen LogP) is -1.17. The molecule has 0 aromatic carbocycles. The van der Waals surface area contributed by atoms with Crippen molar-refractivity contribution in [2.75, 3.05) is 38.0 Å². The minimum absolute atomic E-state index is 0.00117. The number of nitrogens with zero attached hydrogens (tertiary/aromatic N) is 6. The van der Waals surface area contributed by atoms with E-state index in [2.05, 4.69) is 20.7 Å². The highest BCUT2D eigenvalue weighted by atomic mass is 16.4. The highest BCUT2D eigenvalue weighted by Gasteiger charge is 2.21. The quantitative estimate of drug-likeness (QED) is 0.718. The summed E-state index contributed by atoms with van der Waals surface area (Å²) < 4.78 is 0. The third kappa shape index (κ3) is 3.88. The number of anilines is 1. The Kier molecular flexibility index (Phi) is 4.45. The van der Waals surface area contributed by atoms with Gasteiger partial charge in [-0.05, 0) is 11.6 Å².